The quantitative estimate of drug-likeness (QED) is 0.843. The van der Waals surface area contributed by atoms with Crippen LogP contribution in [-0.4, -0.2) is 21.3 Å². The van der Waals surface area contributed by atoms with Crippen molar-refractivity contribution in [3.63, 3.8) is 0 Å². The molecule has 0 spiro atoms. The average Bonchev–Trinajstić information content (AvgIpc) is 2.88. The number of nitrogens with zero attached hydrogens (tertiary/aromatic N) is 3. The number of ether oxygens (including phenoxy) is 1. The zero-order valence-electron chi connectivity index (χ0n) is 12.3. The minimum absolute atomic E-state index is 0.629. The fourth-order valence-corrected chi connectivity index (χ4v) is 1.84. The summed E-state index contributed by atoms with van der Waals surface area (Å²) in [6.45, 7) is 9.01. The number of nitrogens with one attached hydrogen (secondary N) is 1. The number of aromatic nitrogens is 3. The van der Waals surface area contributed by atoms with Gasteiger partial charge in [0.1, 0.15) is 5.75 Å². The van der Waals surface area contributed by atoms with Crippen LogP contribution in [0.5, 0.6) is 11.5 Å². The van der Waals surface area contributed by atoms with E-state index in [9.17, 15) is 0 Å². The summed E-state index contributed by atoms with van der Waals surface area (Å²) < 4.78 is 7.70. The van der Waals surface area contributed by atoms with Crippen LogP contribution in [0.3, 0.4) is 0 Å². The van der Waals surface area contributed by atoms with Crippen molar-refractivity contribution in [3.05, 3.63) is 36.4 Å². The van der Waals surface area contributed by atoms with E-state index in [0.29, 0.717) is 5.92 Å². The molecule has 0 amide bonds. The van der Waals surface area contributed by atoms with Gasteiger partial charge in [0.2, 0.25) is 0 Å². The van der Waals surface area contributed by atoms with Crippen molar-refractivity contribution >= 4 is 0 Å². The van der Waals surface area contributed by atoms with E-state index in [2.05, 4.69) is 29.2 Å². The fraction of sp³-hybridized carbons (Fsp3) is 0.467. The molecule has 0 saturated heterocycles. The zero-order valence-corrected chi connectivity index (χ0v) is 12.3. The number of rotatable bonds is 7. The zero-order chi connectivity index (χ0) is 14.4. The SMILES string of the molecule is CCn1cc(Oc2cnccc2CNCC(C)C)cn1. The molecule has 0 atom stereocenters. The maximum atomic E-state index is 5.86. The van der Waals surface area contributed by atoms with Crippen molar-refractivity contribution in [1.82, 2.24) is 20.1 Å². The van der Waals surface area contributed by atoms with Gasteiger partial charge in [-0.1, -0.05) is 13.8 Å². The second-order valence-electron chi connectivity index (χ2n) is 5.14. The molecule has 2 rings (SSSR count). The summed E-state index contributed by atoms with van der Waals surface area (Å²) in [6, 6.07) is 1.98. The van der Waals surface area contributed by atoms with Gasteiger partial charge in [0, 0.05) is 24.8 Å². The molecule has 0 aliphatic heterocycles. The first-order chi connectivity index (χ1) is 9.69. The molecule has 5 heteroatoms. The molecule has 0 saturated carbocycles. The van der Waals surface area contributed by atoms with Crippen molar-refractivity contribution in [2.24, 2.45) is 5.92 Å². The first-order valence-electron chi connectivity index (χ1n) is 7.03. The Kier molecular flexibility index (Phi) is 5.12. The summed E-state index contributed by atoms with van der Waals surface area (Å²) in [4.78, 5) is 4.13. The van der Waals surface area contributed by atoms with Crippen LogP contribution < -0.4 is 10.1 Å². The van der Waals surface area contributed by atoms with Crippen LogP contribution in [0.2, 0.25) is 0 Å². The Morgan fingerprint density at radius 1 is 1.35 bits per heavy atom. The molecule has 5 nitrogen and oxygen atoms in total. The van der Waals surface area contributed by atoms with E-state index in [1.54, 1.807) is 18.6 Å². The molecule has 0 radical (unpaired) electrons. The molecule has 0 unspecified atom stereocenters. The minimum atomic E-state index is 0.629. The lowest BCUT2D eigenvalue weighted by atomic mass is 10.2. The molecule has 2 aromatic heterocycles. The lowest BCUT2D eigenvalue weighted by molar-refractivity contribution is 0.465. The highest BCUT2D eigenvalue weighted by Gasteiger charge is 2.07. The van der Waals surface area contributed by atoms with Crippen molar-refractivity contribution in [1.29, 1.82) is 0 Å². The van der Waals surface area contributed by atoms with E-state index in [1.165, 1.54) is 0 Å². The van der Waals surface area contributed by atoms with Gasteiger partial charge < -0.3 is 10.1 Å². The minimum Gasteiger partial charge on any atom is -0.452 e. The molecule has 0 fully saturated rings. The van der Waals surface area contributed by atoms with E-state index in [0.717, 1.165) is 36.7 Å². The largest absolute Gasteiger partial charge is 0.452 e. The predicted molar refractivity (Wildman–Crippen MR) is 78.8 cm³/mol. The molecule has 0 aliphatic carbocycles. The first-order valence-corrected chi connectivity index (χ1v) is 7.03. The maximum absolute atomic E-state index is 5.86. The topological polar surface area (TPSA) is 52.0 Å². The number of aryl methyl sites for hydroxylation is 1. The van der Waals surface area contributed by atoms with Crippen LogP contribution in [0.25, 0.3) is 0 Å². The van der Waals surface area contributed by atoms with E-state index in [4.69, 9.17) is 4.74 Å². The van der Waals surface area contributed by atoms with Gasteiger partial charge in [0.15, 0.2) is 5.75 Å². The highest BCUT2D eigenvalue weighted by Crippen LogP contribution is 2.23. The third-order valence-electron chi connectivity index (χ3n) is 2.90. The van der Waals surface area contributed by atoms with E-state index >= 15 is 0 Å². The Hall–Kier alpha value is -1.88. The van der Waals surface area contributed by atoms with Gasteiger partial charge in [-0.05, 0) is 25.5 Å². The maximum Gasteiger partial charge on any atom is 0.165 e. The van der Waals surface area contributed by atoms with E-state index in [1.807, 2.05) is 23.9 Å². The monoisotopic (exact) mass is 274 g/mol. The van der Waals surface area contributed by atoms with Gasteiger partial charge in [-0.2, -0.15) is 5.10 Å². The molecule has 0 bridgehead atoms. The van der Waals surface area contributed by atoms with Crippen molar-refractivity contribution < 1.29 is 4.74 Å². The summed E-state index contributed by atoms with van der Waals surface area (Å²) >= 11 is 0. The van der Waals surface area contributed by atoms with Crippen LogP contribution >= 0.6 is 0 Å². The first kappa shape index (κ1) is 14.5. The summed E-state index contributed by atoms with van der Waals surface area (Å²) in [5.74, 6) is 2.15. The molecule has 0 aliphatic rings. The lowest BCUT2D eigenvalue weighted by Crippen LogP contribution is -2.19. The van der Waals surface area contributed by atoms with Gasteiger partial charge in [-0.15, -0.1) is 0 Å². The van der Waals surface area contributed by atoms with Gasteiger partial charge in [-0.25, -0.2) is 0 Å². The summed E-state index contributed by atoms with van der Waals surface area (Å²) in [6.07, 6.45) is 7.14. The Bertz CT molecular complexity index is 536. The van der Waals surface area contributed by atoms with Crippen molar-refractivity contribution in [3.8, 4) is 11.5 Å². The molecule has 108 valence electrons. The van der Waals surface area contributed by atoms with Crippen molar-refractivity contribution in [2.75, 3.05) is 6.54 Å². The third kappa shape index (κ3) is 4.06. The Morgan fingerprint density at radius 2 is 2.20 bits per heavy atom. The molecule has 2 aromatic rings. The smallest absolute Gasteiger partial charge is 0.165 e. The van der Waals surface area contributed by atoms with Gasteiger partial charge in [0.25, 0.3) is 0 Å². The second kappa shape index (κ2) is 7.05. The third-order valence-corrected chi connectivity index (χ3v) is 2.90. The van der Waals surface area contributed by atoms with E-state index < -0.39 is 0 Å². The van der Waals surface area contributed by atoms with E-state index in [-0.39, 0.29) is 0 Å². The van der Waals surface area contributed by atoms with Crippen LogP contribution in [0.1, 0.15) is 26.3 Å². The van der Waals surface area contributed by atoms with Gasteiger partial charge >= 0.3 is 0 Å². The molecule has 2 heterocycles. The Morgan fingerprint density at radius 3 is 2.90 bits per heavy atom. The fourth-order valence-electron chi connectivity index (χ4n) is 1.84. The standard InChI is InChI=1S/C15H22N4O/c1-4-19-11-14(9-18-19)20-15-10-16-6-5-13(15)8-17-7-12(2)3/h5-6,9-12,17H,4,7-8H2,1-3H3. The summed E-state index contributed by atoms with van der Waals surface area (Å²) in [7, 11) is 0. The highest BCUT2D eigenvalue weighted by atomic mass is 16.5. The number of pyridine rings is 1. The molecular formula is C15H22N4O. The molecule has 0 aromatic carbocycles. The van der Waals surface area contributed by atoms with Crippen LogP contribution in [-0.2, 0) is 13.1 Å². The summed E-state index contributed by atoms with van der Waals surface area (Å²) in [5.41, 5.74) is 1.10. The molecular weight excluding hydrogens is 252 g/mol. The van der Waals surface area contributed by atoms with Crippen molar-refractivity contribution in [2.45, 2.75) is 33.9 Å². The van der Waals surface area contributed by atoms with Gasteiger partial charge in [-0.3, -0.25) is 9.67 Å². The van der Waals surface area contributed by atoms with Crippen LogP contribution in [0, 0.1) is 5.92 Å². The average molecular weight is 274 g/mol. The molecule has 20 heavy (non-hydrogen) atoms. The van der Waals surface area contributed by atoms with Crippen LogP contribution in [0.4, 0.5) is 0 Å². The van der Waals surface area contributed by atoms with Gasteiger partial charge in [0.05, 0.1) is 18.6 Å². The number of hydrogen-bond donors (Lipinski definition) is 1. The predicted octanol–water partition coefficient (Wildman–Crippen LogP) is 2.84. The van der Waals surface area contributed by atoms with Crippen LogP contribution in [0.15, 0.2) is 30.9 Å². The summed E-state index contributed by atoms with van der Waals surface area (Å²) in [5, 5.41) is 7.62. The Labute approximate surface area is 120 Å². The second-order valence-corrected chi connectivity index (χ2v) is 5.14. The molecule has 1 N–H and O–H groups in total. The normalized spacial score (nSPS) is 11.0. The number of hydrogen-bond acceptors (Lipinski definition) is 4. The lowest BCUT2D eigenvalue weighted by Gasteiger charge is -2.11. The Balaban J connectivity index is 2.03. The highest BCUT2D eigenvalue weighted by molar-refractivity contribution is 5.33.